The molecule has 0 saturated carbocycles. The number of ether oxygens (including phenoxy) is 1. The van der Waals surface area contributed by atoms with Crippen molar-refractivity contribution in [2.24, 2.45) is 0 Å². The first-order valence-corrected chi connectivity index (χ1v) is 5.93. The standard InChI is InChI=1S/C14H11F3N2O2/c1-21-14(20)8-2-3-10(18-6-8)7-19-13-11(16)4-9(15)5-12(13)17/h2-6,19H,7H2,1H3. The maximum Gasteiger partial charge on any atom is 0.339 e. The third kappa shape index (κ3) is 3.50. The highest BCUT2D eigenvalue weighted by molar-refractivity contribution is 5.88. The van der Waals surface area contributed by atoms with Crippen molar-refractivity contribution in [3.63, 3.8) is 0 Å². The fourth-order valence-corrected chi connectivity index (χ4v) is 1.66. The van der Waals surface area contributed by atoms with Gasteiger partial charge in [-0.2, -0.15) is 0 Å². The van der Waals surface area contributed by atoms with Gasteiger partial charge in [0.1, 0.15) is 11.5 Å². The number of aromatic nitrogens is 1. The van der Waals surface area contributed by atoms with E-state index in [1.807, 2.05) is 0 Å². The summed E-state index contributed by atoms with van der Waals surface area (Å²) in [5.74, 6) is -3.58. The highest BCUT2D eigenvalue weighted by Crippen LogP contribution is 2.20. The third-order valence-corrected chi connectivity index (χ3v) is 2.70. The molecular weight excluding hydrogens is 285 g/mol. The predicted molar refractivity (Wildman–Crippen MR) is 69.2 cm³/mol. The lowest BCUT2D eigenvalue weighted by Crippen LogP contribution is -2.07. The summed E-state index contributed by atoms with van der Waals surface area (Å²) in [6, 6.07) is 4.16. The molecule has 0 unspecified atom stereocenters. The van der Waals surface area contributed by atoms with Gasteiger partial charge in [0.05, 0.1) is 24.9 Å². The van der Waals surface area contributed by atoms with Crippen LogP contribution >= 0.6 is 0 Å². The minimum atomic E-state index is -1.03. The van der Waals surface area contributed by atoms with Crippen molar-refractivity contribution in [2.75, 3.05) is 12.4 Å². The summed E-state index contributed by atoms with van der Waals surface area (Å²) in [6.45, 7) is 0.0148. The van der Waals surface area contributed by atoms with E-state index in [1.54, 1.807) is 0 Å². The van der Waals surface area contributed by atoms with Crippen LogP contribution in [-0.4, -0.2) is 18.1 Å². The minimum absolute atomic E-state index is 0.0148. The number of rotatable bonds is 4. The van der Waals surface area contributed by atoms with Crippen molar-refractivity contribution >= 4 is 11.7 Å². The molecule has 1 heterocycles. The molecule has 21 heavy (non-hydrogen) atoms. The third-order valence-electron chi connectivity index (χ3n) is 2.70. The van der Waals surface area contributed by atoms with Gasteiger partial charge in [-0.05, 0) is 12.1 Å². The number of nitrogens with one attached hydrogen (secondary N) is 1. The lowest BCUT2D eigenvalue weighted by Gasteiger charge is -2.08. The lowest BCUT2D eigenvalue weighted by atomic mass is 10.2. The fraction of sp³-hybridized carbons (Fsp3) is 0.143. The molecule has 0 radical (unpaired) electrons. The van der Waals surface area contributed by atoms with Crippen molar-refractivity contribution < 1.29 is 22.7 Å². The quantitative estimate of drug-likeness (QED) is 0.881. The average Bonchev–Trinajstić information content (AvgIpc) is 2.46. The van der Waals surface area contributed by atoms with E-state index < -0.39 is 29.1 Å². The van der Waals surface area contributed by atoms with Crippen molar-refractivity contribution in [2.45, 2.75) is 6.54 Å². The minimum Gasteiger partial charge on any atom is -0.465 e. The van der Waals surface area contributed by atoms with E-state index in [0.29, 0.717) is 17.8 Å². The highest BCUT2D eigenvalue weighted by Gasteiger charge is 2.11. The SMILES string of the molecule is COC(=O)c1ccc(CNc2c(F)cc(F)cc2F)nc1. The Morgan fingerprint density at radius 1 is 1.24 bits per heavy atom. The van der Waals surface area contributed by atoms with Crippen LogP contribution in [-0.2, 0) is 11.3 Å². The normalized spacial score (nSPS) is 10.3. The Labute approximate surface area is 118 Å². The monoisotopic (exact) mass is 296 g/mol. The largest absolute Gasteiger partial charge is 0.465 e. The molecule has 0 fully saturated rings. The Morgan fingerprint density at radius 3 is 2.43 bits per heavy atom. The van der Waals surface area contributed by atoms with Gasteiger partial charge < -0.3 is 10.1 Å². The molecule has 7 heteroatoms. The first-order valence-electron chi connectivity index (χ1n) is 5.93. The number of esters is 1. The molecule has 0 saturated heterocycles. The van der Waals surface area contributed by atoms with Crippen LogP contribution in [0.2, 0.25) is 0 Å². The first kappa shape index (κ1) is 14.8. The maximum absolute atomic E-state index is 13.4. The van der Waals surface area contributed by atoms with Crippen LogP contribution in [0.15, 0.2) is 30.5 Å². The van der Waals surface area contributed by atoms with Gasteiger partial charge in [-0.1, -0.05) is 0 Å². The fourth-order valence-electron chi connectivity index (χ4n) is 1.66. The Kier molecular flexibility index (Phi) is 4.42. The summed E-state index contributed by atoms with van der Waals surface area (Å²) in [5, 5.41) is 2.49. The molecule has 2 rings (SSSR count). The first-order chi connectivity index (χ1) is 10.0. The van der Waals surface area contributed by atoms with E-state index in [4.69, 9.17) is 0 Å². The van der Waals surface area contributed by atoms with Gasteiger partial charge in [-0.3, -0.25) is 4.98 Å². The molecule has 110 valence electrons. The Morgan fingerprint density at radius 2 is 1.90 bits per heavy atom. The summed E-state index contributed by atoms with van der Waals surface area (Å²) < 4.78 is 44.1. The second-order valence-electron chi connectivity index (χ2n) is 4.13. The zero-order valence-corrected chi connectivity index (χ0v) is 11.0. The van der Waals surface area contributed by atoms with Gasteiger partial charge in [0.2, 0.25) is 0 Å². The summed E-state index contributed by atoms with van der Waals surface area (Å²) in [4.78, 5) is 15.2. The van der Waals surface area contributed by atoms with Crippen molar-refractivity contribution in [3.8, 4) is 0 Å². The van der Waals surface area contributed by atoms with Gasteiger partial charge in [0, 0.05) is 18.3 Å². The molecule has 0 atom stereocenters. The molecule has 1 aromatic carbocycles. The van der Waals surface area contributed by atoms with Crippen LogP contribution in [0.25, 0.3) is 0 Å². The van der Waals surface area contributed by atoms with E-state index in [1.165, 1.54) is 25.4 Å². The van der Waals surface area contributed by atoms with E-state index in [-0.39, 0.29) is 12.1 Å². The highest BCUT2D eigenvalue weighted by atomic mass is 19.1. The molecule has 0 aliphatic carbocycles. The second-order valence-corrected chi connectivity index (χ2v) is 4.13. The average molecular weight is 296 g/mol. The number of hydrogen-bond donors (Lipinski definition) is 1. The van der Waals surface area contributed by atoms with Gasteiger partial charge >= 0.3 is 5.97 Å². The van der Waals surface area contributed by atoms with Crippen molar-refractivity contribution in [1.29, 1.82) is 0 Å². The summed E-state index contributed by atoms with van der Waals surface area (Å²) in [7, 11) is 1.25. The molecular formula is C14H11F3N2O2. The van der Waals surface area contributed by atoms with Gasteiger partial charge in [0.15, 0.2) is 11.6 Å². The smallest absolute Gasteiger partial charge is 0.339 e. The zero-order chi connectivity index (χ0) is 15.4. The van der Waals surface area contributed by atoms with E-state index in [0.717, 1.165) is 0 Å². The van der Waals surface area contributed by atoms with Gasteiger partial charge in [-0.15, -0.1) is 0 Å². The number of benzene rings is 1. The van der Waals surface area contributed by atoms with Crippen LogP contribution < -0.4 is 5.32 Å². The van der Waals surface area contributed by atoms with E-state index >= 15 is 0 Å². The Balaban J connectivity index is 2.08. The molecule has 2 aromatic rings. The Bertz CT molecular complexity index is 637. The van der Waals surface area contributed by atoms with Crippen molar-refractivity contribution in [1.82, 2.24) is 4.98 Å². The summed E-state index contributed by atoms with van der Waals surface area (Å²) in [5.41, 5.74) is 0.279. The molecule has 4 nitrogen and oxygen atoms in total. The number of hydrogen-bond acceptors (Lipinski definition) is 4. The molecule has 1 aromatic heterocycles. The molecule has 0 bridgehead atoms. The molecule has 0 aliphatic rings. The number of carbonyl (C=O) groups excluding carboxylic acids is 1. The van der Waals surface area contributed by atoms with E-state index in [9.17, 15) is 18.0 Å². The number of carbonyl (C=O) groups is 1. The zero-order valence-electron chi connectivity index (χ0n) is 11.0. The summed E-state index contributed by atoms with van der Waals surface area (Å²) >= 11 is 0. The van der Waals surface area contributed by atoms with E-state index in [2.05, 4.69) is 15.0 Å². The number of methoxy groups -OCH3 is 1. The van der Waals surface area contributed by atoms with Crippen LogP contribution in [0.4, 0.5) is 18.9 Å². The lowest BCUT2D eigenvalue weighted by molar-refractivity contribution is 0.0600. The second kappa shape index (κ2) is 6.25. The van der Waals surface area contributed by atoms with Crippen LogP contribution in [0.1, 0.15) is 16.1 Å². The number of halogens is 3. The Hall–Kier alpha value is -2.57. The van der Waals surface area contributed by atoms with Gasteiger partial charge in [0.25, 0.3) is 0 Å². The van der Waals surface area contributed by atoms with Crippen LogP contribution in [0.3, 0.4) is 0 Å². The maximum atomic E-state index is 13.4. The van der Waals surface area contributed by atoms with Gasteiger partial charge in [-0.25, -0.2) is 18.0 Å². The summed E-state index contributed by atoms with van der Waals surface area (Å²) in [6.07, 6.45) is 1.29. The van der Waals surface area contributed by atoms with Crippen molar-refractivity contribution in [3.05, 3.63) is 59.2 Å². The molecule has 1 N–H and O–H groups in total. The number of pyridine rings is 1. The topological polar surface area (TPSA) is 51.2 Å². The van der Waals surface area contributed by atoms with Crippen LogP contribution in [0.5, 0.6) is 0 Å². The predicted octanol–water partition coefficient (Wildman–Crippen LogP) is 2.90. The number of anilines is 1. The molecule has 0 amide bonds. The number of nitrogens with zero attached hydrogens (tertiary/aromatic N) is 1. The molecule has 0 aliphatic heterocycles. The van der Waals surface area contributed by atoms with Crippen LogP contribution in [0, 0.1) is 17.5 Å². The molecule has 0 spiro atoms.